The van der Waals surface area contributed by atoms with Crippen molar-refractivity contribution in [2.75, 3.05) is 5.32 Å². The molecule has 1 atom stereocenters. The number of hydrogen-bond donors (Lipinski definition) is 2. The summed E-state index contributed by atoms with van der Waals surface area (Å²) in [5.41, 5.74) is 5.98. The molecule has 14 heavy (non-hydrogen) atoms. The van der Waals surface area contributed by atoms with Crippen molar-refractivity contribution in [3.8, 4) is 0 Å². The number of rotatable bonds is 3. The molecular weight excluding hydrogens is 200 g/mol. The fraction of sp³-hybridized carbons (Fsp3) is 0.375. The first kappa shape index (κ1) is 10.6. The van der Waals surface area contributed by atoms with E-state index in [0.717, 1.165) is 0 Å². The minimum atomic E-state index is -0.467. The fourth-order valence-corrected chi connectivity index (χ4v) is 0.973. The van der Waals surface area contributed by atoms with E-state index in [0.29, 0.717) is 5.69 Å². The van der Waals surface area contributed by atoms with Crippen molar-refractivity contribution in [3.63, 3.8) is 0 Å². The predicted octanol–water partition coefficient (Wildman–Crippen LogP) is 0.281. The number of anilines is 1. The second-order valence-corrected chi connectivity index (χ2v) is 3.49. The van der Waals surface area contributed by atoms with Gasteiger partial charge in [-0.3, -0.25) is 9.48 Å². The number of aryl methyl sites for hydroxylation is 1. The lowest BCUT2D eigenvalue weighted by Crippen LogP contribution is -2.30. The lowest BCUT2D eigenvalue weighted by molar-refractivity contribution is -0.117. The third-order valence-electron chi connectivity index (χ3n) is 1.79. The maximum Gasteiger partial charge on any atom is 0.234 e. The molecule has 0 radical (unpaired) electrons. The number of nitrogens with zero attached hydrogens (tertiary/aromatic N) is 2. The molecule has 1 aromatic rings. The summed E-state index contributed by atoms with van der Waals surface area (Å²) < 4.78 is 1.60. The van der Waals surface area contributed by atoms with Crippen LogP contribution >= 0.6 is 12.2 Å². The van der Waals surface area contributed by atoms with Crippen molar-refractivity contribution in [1.29, 1.82) is 0 Å². The molecular formula is C8H12N4OS. The highest BCUT2D eigenvalue weighted by Gasteiger charge is 2.15. The second-order valence-electron chi connectivity index (χ2n) is 3.02. The topological polar surface area (TPSA) is 72.9 Å². The van der Waals surface area contributed by atoms with Gasteiger partial charge in [0.25, 0.3) is 0 Å². The van der Waals surface area contributed by atoms with Crippen LogP contribution in [0.15, 0.2) is 12.4 Å². The maximum absolute atomic E-state index is 11.4. The molecule has 0 spiro atoms. The third kappa shape index (κ3) is 2.53. The molecule has 0 saturated heterocycles. The van der Waals surface area contributed by atoms with Crippen molar-refractivity contribution in [2.24, 2.45) is 18.7 Å². The molecule has 1 rings (SSSR count). The Bertz CT molecular complexity index is 360. The van der Waals surface area contributed by atoms with Gasteiger partial charge < -0.3 is 11.1 Å². The summed E-state index contributed by atoms with van der Waals surface area (Å²) in [7, 11) is 1.77. The van der Waals surface area contributed by atoms with Gasteiger partial charge >= 0.3 is 0 Å². The lowest BCUT2D eigenvalue weighted by atomic mass is 10.1. The summed E-state index contributed by atoms with van der Waals surface area (Å²) >= 11 is 4.71. The first-order valence-electron chi connectivity index (χ1n) is 4.09. The Morgan fingerprint density at radius 1 is 1.79 bits per heavy atom. The molecule has 76 valence electrons. The fourth-order valence-electron chi connectivity index (χ4n) is 0.865. The molecule has 0 aliphatic carbocycles. The molecule has 1 amide bonds. The van der Waals surface area contributed by atoms with Crippen LogP contribution in [0.4, 0.5) is 5.69 Å². The molecule has 0 saturated carbocycles. The van der Waals surface area contributed by atoms with Gasteiger partial charge in [0.2, 0.25) is 5.91 Å². The second kappa shape index (κ2) is 4.19. The molecule has 5 nitrogen and oxygen atoms in total. The van der Waals surface area contributed by atoms with Gasteiger partial charge in [0, 0.05) is 13.2 Å². The van der Waals surface area contributed by atoms with Gasteiger partial charge in [0.15, 0.2) is 0 Å². The van der Waals surface area contributed by atoms with Gasteiger partial charge in [-0.15, -0.1) is 0 Å². The number of amides is 1. The van der Waals surface area contributed by atoms with Crippen LogP contribution in [0.2, 0.25) is 0 Å². The highest BCUT2D eigenvalue weighted by molar-refractivity contribution is 7.80. The SMILES string of the molecule is CC(C(=O)Nc1cnn(C)c1)C(N)=S. The summed E-state index contributed by atoms with van der Waals surface area (Å²) in [6.45, 7) is 1.66. The molecule has 0 bridgehead atoms. The Hall–Kier alpha value is -1.43. The molecule has 0 aromatic carbocycles. The number of thiocarbonyl (C=S) groups is 1. The molecule has 0 fully saturated rings. The van der Waals surface area contributed by atoms with Gasteiger partial charge in [-0.05, 0) is 6.92 Å². The van der Waals surface area contributed by atoms with Crippen LogP contribution in [-0.2, 0) is 11.8 Å². The van der Waals surface area contributed by atoms with Crippen LogP contribution < -0.4 is 11.1 Å². The molecule has 3 N–H and O–H groups in total. The Balaban J connectivity index is 2.61. The Labute approximate surface area is 87.3 Å². The maximum atomic E-state index is 11.4. The van der Waals surface area contributed by atoms with E-state index in [1.165, 1.54) is 0 Å². The smallest absolute Gasteiger partial charge is 0.234 e. The number of carbonyl (C=O) groups is 1. The van der Waals surface area contributed by atoms with E-state index in [2.05, 4.69) is 10.4 Å². The quantitative estimate of drug-likeness (QED) is 0.706. The Morgan fingerprint density at radius 3 is 2.86 bits per heavy atom. The van der Waals surface area contributed by atoms with E-state index in [4.69, 9.17) is 18.0 Å². The van der Waals surface area contributed by atoms with E-state index in [1.807, 2.05) is 0 Å². The van der Waals surface area contributed by atoms with E-state index >= 15 is 0 Å². The van der Waals surface area contributed by atoms with Crippen molar-refractivity contribution < 1.29 is 4.79 Å². The van der Waals surface area contributed by atoms with Gasteiger partial charge in [0.1, 0.15) is 0 Å². The third-order valence-corrected chi connectivity index (χ3v) is 2.15. The van der Waals surface area contributed by atoms with Crippen LogP contribution in [-0.4, -0.2) is 20.7 Å². The molecule has 0 aliphatic heterocycles. The lowest BCUT2D eigenvalue weighted by Gasteiger charge is -2.08. The Kier molecular flexibility index (Phi) is 3.19. The van der Waals surface area contributed by atoms with E-state index < -0.39 is 5.92 Å². The normalized spacial score (nSPS) is 12.1. The minimum absolute atomic E-state index is 0.186. The van der Waals surface area contributed by atoms with Crippen LogP contribution in [0.3, 0.4) is 0 Å². The summed E-state index contributed by atoms with van der Waals surface area (Å²) in [5, 5.41) is 6.57. The van der Waals surface area contributed by atoms with Crippen LogP contribution in [0.1, 0.15) is 6.92 Å². The van der Waals surface area contributed by atoms with Crippen molar-refractivity contribution >= 4 is 28.8 Å². The summed E-state index contributed by atoms with van der Waals surface area (Å²) in [6.07, 6.45) is 3.26. The largest absolute Gasteiger partial charge is 0.393 e. The van der Waals surface area contributed by atoms with Crippen LogP contribution in [0.5, 0.6) is 0 Å². The zero-order valence-electron chi connectivity index (χ0n) is 8.02. The Morgan fingerprint density at radius 2 is 2.43 bits per heavy atom. The number of carbonyl (C=O) groups excluding carboxylic acids is 1. The summed E-state index contributed by atoms with van der Waals surface area (Å²) in [4.78, 5) is 11.6. The van der Waals surface area contributed by atoms with Gasteiger partial charge in [-0.25, -0.2) is 0 Å². The molecule has 1 aromatic heterocycles. The highest BCUT2D eigenvalue weighted by atomic mass is 32.1. The average Bonchev–Trinajstić information content (AvgIpc) is 2.49. The van der Waals surface area contributed by atoms with Crippen molar-refractivity contribution in [1.82, 2.24) is 9.78 Å². The summed E-state index contributed by atoms with van der Waals surface area (Å²) in [6, 6.07) is 0. The highest BCUT2D eigenvalue weighted by Crippen LogP contribution is 2.06. The number of nitrogens with one attached hydrogen (secondary N) is 1. The number of aromatic nitrogens is 2. The minimum Gasteiger partial charge on any atom is -0.393 e. The molecule has 1 unspecified atom stereocenters. The zero-order valence-corrected chi connectivity index (χ0v) is 8.84. The monoisotopic (exact) mass is 212 g/mol. The summed E-state index contributed by atoms with van der Waals surface area (Å²) in [5.74, 6) is -0.685. The number of nitrogens with two attached hydrogens (primary N) is 1. The van der Waals surface area contributed by atoms with Gasteiger partial charge in [-0.1, -0.05) is 12.2 Å². The zero-order chi connectivity index (χ0) is 10.7. The van der Waals surface area contributed by atoms with E-state index in [1.54, 1.807) is 31.0 Å². The van der Waals surface area contributed by atoms with Crippen molar-refractivity contribution in [2.45, 2.75) is 6.92 Å². The molecule has 1 heterocycles. The molecule has 0 aliphatic rings. The van der Waals surface area contributed by atoms with Crippen LogP contribution in [0, 0.1) is 5.92 Å². The van der Waals surface area contributed by atoms with Gasteiger partial charge in [-0.2, -0.15) is 5.10 Å². The van der Waals surface area contributed by atoms with E-state index in [-0.39, 0.29) is 10.9 Å². The van der Waals surface area contributed by atoms with E-state index in [9.17, 15) is 4.79 Å². The van der Waals surface area contributed by atoms with Crippen LogP contribution in [0.25, 0.3) is 0 Å². The number of hydrogen-bond acceptors (Lipinski definition) is 3. The first-order chi connectivity index (χ1) is 6.50. The predicted molar refractivity (Wildman–Crippen MR) is 57.8 cm³/mol. The average molecular weight is 212 g/mol. The molecule has 6 heteroatoms. The van der Waals surface area contributed by atoms with Gasteiger partial charge in [0.05, 0.1) is 22.8 Å². The van der Waals surface area contributed by atoms with Crippen molar-refractivity contribution in [3.05, 3.63) is 12.4 Å². The first-order valence-corrected chi connectivity index (χ1v) is 4.50. The standard InChI is InChI=1S/C8H12N4OS/c1-5(7(9)14)8(13)11-6-3-10-12(2)4-6/h3-5H,1-2H3,(H2,9,14)(H,11,13).